The van der Waals surface area contributed by atoms with Gasteiger partial charge in [-0.25, -0.2) is 0 Å². The van der Waals surface area contributed by atoms with Crippen LogP contribution in [0.4, 0.5) is 0 Å². The quantitative estimate of drug-likeness (QED) is 0.915. The first kappa shape index (κ1) is 13.0. The molecule has 100 valence electrons. The van der Waals surface area contributed by atoms with Crippen molar-refractivity contribution in [2.45, 2.75) is 30.7 Å². The Hall–Kier alpha value is -0.980. The van der Waals surface area contributed by atoms with Crippen LogP contribution in [0.15, 0.2) is 30.3 Å². The van der Waals surface area contributed by atoms with Crippen LogP contribution in [0.25, 0.3) is 0 Å². The van der Waals surface area contributed by atoms with Crippen LogP contribution in [0.5, 0.6) is 0 Å². The van der Waals surface area contributed by atoms with E-state index in [-0.39, 0.29) is 5.41 Å². The average Bonchev–Trinajstić information content (AvgIpc) is 2.92. The molecular formula is C16H20N2S. The van der Waals surface area contributed by atoms with Crippen LogP contribution in [0.3, 0.4) is 0 Å². The third-order valence-corrected chi connectivity index (χ3v) is 5.68. The summed E-state index contributed by atoms with van der Waals surface area (Å²) < 4.78 is 0. The van der Waals surface area contributed by atoms with Gasteiger partial charge in [0.05, 0.1) is 11.5 Å². The van der Waals surface area contributed by atoms with Crippen molar-refractivity contribution in [2.75, 3.05) is 18.1 Å². The molecule has 19 heavy (non-hydrogen) atoms. The number of nitrogens with zero attached hydrogens (tertiary/aromatic N) is 1. The van der Waals surface area contributed by atoms with Crippen molar-refractivity contribution in [2.24, 2.45) is 5.92 Å². The average molecular weight is 272 g/mol. The second-order valence-electron chi connectivity index (χ2n) is 5.80. The van der Waals surface area contributed by atoms with Crippen molar-refractivity contribution in [1.29, 1.82) is 5.26 Å². The van der Waals surface area contributed by atoms with Crippen molar-refractivity contribution in [1.82, 2.24) is 5.32 Å². The van der Waals surface area contributed by atoms with Crippen LogP contribution in [-0.2, 0) is 5.41 Å². The fraction of sp³-hybridized carbons (Fsp3) is 0.562. The largest absolute Gasteiger partial charge is 0.314 e. The summed E-state index contributed by atoms with van der Waals surface area (Å²) in [5, 5.41) is 13.2. The van der Waals surface area contributed by atoms with Crippen LogP contribution in [0.1, 0.15) is 24.8 Å². The minimum atomic E-state index is -0.233. The van der Waals surface area contributed by atoms with Gasteiger partial charge in [-0.05, 0) is 48.8 Å². The standard InChI is InChI=1S/C16H20N2S/c17-12-16(14-4-2-1-3-5-14)8-15(9-16)18-10-13-6-7-19-11-13/h1-5,13,15,18H,6-11H2. The fourth-order valence-electron chi connectivity index (χ4n) is 3.15. The van der Waals surface area contributed by atoms with Crippen molar-refractivity contribution >= 4 is 11.8 Å². The molecule has 0 spiro atoms. The molecule has 1 N–H and O–H groups in total. The van der Waals surface area contributed by atoms with Gasteiger partial charge in [-0.1, -0.05) is 30.3 Å². The minimum absolute atomic E-state index is 0.233. The third kappa shape index (κ3) is 2.66. The lowest BCUT2D eigenvalue weighted by molar-refractivity contribution is 0.220. The summed E-state index contributed by atoms with van der Waals surface area (Å²) in [6.45, 7) is 1.13. The first-order valence-electron chi connectivity index (χ1n) is 7.10. The number of rotatable bonds is 4. The van der Waals surface area contributed by atoms with Crippen LogP contribution in [-0.4, -0.2) is 24.1 Å². The molecule has 0 amide bonds. The molecule has 2 fully saturated rings. The first-order chi connectivity index (χ1) is 9.32. The highest BCUT2D eigenvalue weighted by atomic mass is 32.2. The van der Waals surface area contributed by atoms with Gasteiger partial charge in [0, 0.05) is 6.04 Å². The van der Waals surface area contributed by atoms with E-state index in [2.05, 4.69) is 35.3 Å². The Balaban J connectivity index is 1.54. The van der Waals surface area contributed by atoms with Crippen LogP contribution in [0.2, 0.25) is 0 Å². The van der Waals surface area contributed by atoms with Gasteiger partial charge in [-0.3, -0.25) is 0 Å². The van der Waals surface area contributed by atoms with Gasteiger partial charge >= 0.3 is 0 Å². The summed E-state index contributed by atoms with van der Waals surface area (Å²) in [7, 11) is 0. The lowest BCUT2D eigenvalue weighted by atomic mass is 9.62. The van der Waals surface area contributed by atoms with Gasteiger partial charge in [0.15, 0.2) is 0 Å². The molecule has 1 aromatic rings. The number of hydrogen-bond acceptors (Lipinski definition) is 3. The van der Waals surface area contributed by atoms with E-state index in [1.165, 1.54) is 23.5 Å². The van der Waals surface area contributed by atoms with E-state index in [4.69, 9.17) is 0 Å². The van der Waals surface area contributed by atoms with Crippen LogP contribution in [0, 0.1) is 17.2 Å². The molecule has 1 aliphatic carbocycles. The van der Waals surface area contributed by atoms with E-state index in [0.29, 0.717) is 6.04 Å². The number of hydrogen-bond donors (Lipinski definition) is 1. The lowest BCUT2D eigenvalue weighted by Gasteiger charge is -2.43. The highest BCUT2D eigenvalue weighted by molar-refractivity contribution is 7.99. The third-order valence-electron chi connectivity index (χ3n) is 4.45. The van der Waals surface area contributed by atoms with E-state index < -0.39 is 0 Å². The lowest BCUT2D eigenvalue weighted by Crippen LogP contribution is -2.51. The van der Waals surface area contributed by atoms with Crippen molar-refractivity contribution in [3.8, 4) is 6.07 Å². The zero-order chi connectivity index (χ0) is 13.1. The van der Waals surface area contributed by atoms with Crippen molar-refractivity contribution < 1.29 is 0 Å². The maximum Gasteiger partial charge on any atom is 0.0852 e. The fourth-order valence-corrected chi connectivity index (χ4v) is 4.44. The number of nitriles is 1. The summed E-state index contributed by atoms with van der Waals surface area (Å²) >= 11 is 2.07. The van der Waals surface area contributed by atoms with E-state index >= 15 is 0 Å². The Labute approximate surface area is 119 Å². The number of benzene rings is 1. The summed E-state index contributed by atoms with van der Waals surface area (Å²) in [6, 6.07) is 13.3. The van der Waals surface area contributed by atoms with Crippen LogP contribution < -0.4 is 5.32 Å². The molecule has 3 heteroatoms. The Kier molecular flexibility index (Phi) is 3.81. The maximum atomic E-state index is 9.51. The molecule has 1 atom stereocenters. The predicted octanol–water partition coefficient (Wildman–Crippen LogP) is 2.95. The van der Waals surface area contributed by atoms with Gasteiger partial charge in [-0.15, -0.1) is 0 Å². The maximum absolute atomic E-state index is 9.51. The van der Waals surface area contributed by atoms with Gasteiger partial charge in [0.25, 0.3) is 0 Å². The molecule has 1 saturated heterocycles. The molecular weight excluding hydrogens is 252 g/mol. The normalized spacial score (nSPS) is 33.6. The van der Waals surface area contributed by atoms with Gasteiger partial charge in [0.2, 0.25) is 0 Å². The number of nitrogens with one attached hydrogen (secondary N) is 1. The predicted molar refractivity (Wildman–Crippen MR) is 80.2 cm³/mol. The molecule has 0 bridgehead atoms. The summed E-state index contributed by atoms with van der Waals surface area (Å²) in [4.78, 5) is 0. The second-order valence-corrected chi connectivity index (χ2v) is 6.95. The summed E-state index contributed by atoms with van der Waals surface area (Å²) in [6.07, 6.45) is 3.28. The van der Waals surface area contributed by atoms with E-state index in [1.54, 1.807) is 0 Å². The molecule has 1 heterocycles. The SMILES string of the molecule is N#CC1(c2ccccc2)CC(NCC2CCSC2)C1. The first-order valence-corrected chi connectivity index (χ1v) is 8.26. The molecule has 1 aromatic carbocycles. The topological polar surface area (TPSA) is 35.8 Å². The van der Waals surface area contributed by atoms with Crippen LogP contribution >= 0.6 is 11.8 Å². The molecule has 1 unspecified atom stereocenters. The van der Waals surface area contributed by atoms with E-state index in [1.807, 2.05) is 18.2 Å². The molecule has 0 radical (unpaired) electrons. The van der Waals surface area contributed by atoms with Gasteiger partial charge < -0.3 is 5.32 Å². The zero-order valence-electron chi connectivity index (χ0n) is 11.1. The highest BCUT2D eigenvalue weighted by Crippen LogP contribution is 2.43. The Morgan fingerprint density at radius 3 is 2.74 bits per heavy atom. The van der Waals surface area contributed by atoms with Gasteiger partial charge in [-0.2, -0.15) is 17.0 Å². The monoisotopic (exact) mass is 272 g/mol. The Bertz CT molecular complexity index is 453. The molecule has 1 aliphatic heterocycles. The molecule has 2 aliphatic rings. The second kappa shape index (κ2) is 5.56. The molecule has 2 nitrogen and oxygen atoms in total. The molecule has 0 aromatic heterocycles. The van der Waals surface area contributed by atoms with E-state index in [0.717, 1.165) is 25.3 Å². The molecule has 1 saturated carbocycles. The van der Waals surface area contributed by atoms with Crippen molar-refractivity contribution in [3.63, 3.8) is 0 Å². The minimum Gasteiger partial charge on any atom is -0.314 e. The van der Waals surface area contributed by atoms with E-state index in [9.17, 15) is 5.26 Å². The Morgan fingerprint density at radius 2 is 2.11 bits per heavy atom. The zero-order valence-corrected chi connectivity index (χ0v) is 12.0. The van der Waals surface area contributed by atoms with Gasteiger partial charge in [0.1, 0.15) is 0 Å². The van der Waals surface area contributed by atoms with Crippen molar-refractivity contribution in [3.05, 3.63) is 35.9 Å². The highest BCUT2D eigenvalue weighted by Gasteiger charge is 2.45. The summed E-state index contributed by atoms with van der Waals surface area (Å²) in [5.74, 6) is 3.48. The summed E-state index contributed by atoms with van der Waals surface area (Å²) in [5.41, 5.74) is 0.954. The molecule has 3 rings (SSSR count). The smallest absolute Gasteiger partial charge is 0.0852 e. The Morgan fingerprint density at radius 1 is 1.32 bits per heavy atom. The number of thioether (sulfide) groups is 1.